The van der Waals surface area contributed by atoms with Gasteiger partial charge in [-0.25, -0.2) is 0 Å². The van der Waals surface area contributed by atoms with Gasteiger partial charge in [-0.3, -0.25) is 14.5 Å². The number of hydrogen-bond donors (Lipinski definition) is 1. The van der Waals surface area contributed by atoms with Gasteiger partial charge >= 0.3 is 0 Å². The predicted octanol–water partition coefficient (Wildman–Crippen LogP) is 2.23. The van der Waals surface area contributed by atoms with E-state index in [1.807, 2.05) is 29.2 Å². The molecule has 0 bridgehead atoms. The van der Waals surface area contributed by atoms with Crippen LogP contribution in [0.15, 0.2) is 48.8 Å². The second kappa shape index (κ2) is 9.13. The van der Waals surface area contributed by atoms with Gasteiger partial charge < -0.3 is 5.11 Å². The van der Waals surface area contributed by atoms with Crippen molar-refractivity contribution in [3.05, 3.63) is 54.4 Å². The Morgan fingerprint density at radius 3 is 2.84 bits per heavy atom. The fourth-order valence-electron chi connectivity index (χ4n) is 3.78. The number of aliphatic hydroxyl groups excluding tert-OH is 1. The Morgan fingerprint density at radius 1 is 1.24 bits per heavy atom. The highest BCUT2D eigenvalue weighted by atomic mass is 16.3. The van der Waals surface area contributed by atoms with Crippen molar-refractivity contribution >= 4 is 0 Å². The molecule has 5 nitrogen and oxygen atoms in total. The minimum atomic E-state index is -0.327. The maximum absolute atomic E-state index is 10.6. The first-order chi connectivity index (χ1) is 12.2. The lowest BCUT2D eigenvalue weighted by molar-refractivity contribution is 0.0422. The van der Waals surface area contributed by atoms with Gasteiger partial charge in [0.15, 0.2) is 0 Å². The summed E-state index contributed by atoms with van der Waals surface area (Å²) in [5, 5.41) is 14.9. The molecule has 0 spiro atoms. The molecule has 2 aromatic rings. The minimum Gasteiger partial charge on any atom is -0.390 e. The molecule has 1 fully saturated rings. The maximum Gasteiger partial charge on any atom is 0.0793 e. The normalized spacial score (nSPS) is 20.0. The monoisotopic (exact) mass is 342 g/mol. The zero-order valence-electron chi connectivity index (χ0n) is 15.2. The Labute approximate surface area is 150 Å². The van der Waals surface area contributed by atoms with E-state index in [9.17, 15) is 5.11 Å². The van der Waals surface area contributed by atoms with Crippen LogP contribution in [0, 0.1) is 0 Å². The van der Waals surface area contributed by atoms with Crippen molar-refractivity contribution in [2.45, 2.75) is 44.5 Å². The fourth-order valence-corrected chi connectivity index (χ4v) is 3.78. The lowest BCUT2D eigenvalue weighted by atomic mass is 10.0. The maximum atomic E-state index is 10.6. The molecule has 0 aliphatic carbocycles. The van der Waals surface area contributed by atoms with E-state index in [1.54, 1.807) is 0 Å². The second-order valence-electron chi connectivity index (χ2n) is 7.21. The number of hydrogen-bond acceptors (Lipinski definition) is 4. The number of piperidine rings is 1. The molecular weight excluding hydrogens is 312 g/mol. The predicted molar refractivity (Wildman–Crippen MR) is 100 cm³/mol. The Kier molecular flexibility index (Phi) is 6.62. The Morgan fingerprint density at radius 2 is 2.08 bits per heavy atom. The summed E-state index contributed by atoms with van der Waals surface area (Å²) in [6, 6.07) is 12.9. The zero-order chi connectivity index (χ0) is 17.5. The molecular formula is C20H30N4O. The molecule has 25 heavy (non-hydrogen) atoms. The van der Waals surface area contributed by atoms with Gasteiger partial charge in [0.25, 0.3) is 0 Å². The van der Waals surface area contributed by atoms with Crippen molar-refractivity contribution in [3.8, 4) is 0 Å². The number of rotatable bonds is 8. The average Bonchev–Trinajstić information content (AvgIpc) is 3.10. The first kappa shape index (κ1) is 18.1. The third-order valence-electron chi connectivity index (χ3n) is 4.97. The Hall–Kier alpha value is -1.69. The van der Waals surface area contributed by atoms with Crippen molar-refractivity contribution in [1.82, 2.24) is 19.6 Å². The van der Waals surface area contributed by atoms with E-state index in [0.29, 0.717) is 12.6 Å². The van der Waals surface area contributed by atoms with Gasteiger partial charge in [0.2, 0.25) is 0 Å². The number of benzene rings is 1. The average molecular weight is 342 g/mol. The summed E-state index contributed by atoms with van der Waals surface area (Å²) < 4.78 is 2.01. The Balaban J connectivity index is 1.48. The molecule has 2 heterocycles. The van der Waals surface area contributed by atoms with E-state index >= 15 is 0 Å². The van der Waals surface area contributed by atoms with E-state index in [-0.39, 0.29) is 6.10 Å². The number of nitrogens with zero attached hydrogens (tertiary/aromatic N) is 4. The van der Waals surface area contributed by atoms with E-state index in [0.717, 1.165) is 26.2 Å². The topological polar surface area (TPSA) is 44.5 Å². The van der Waals surface area contributed by atoms with E-state index in [4.69, 9.17) is 0 Å². The first-order valence-electron chi connectivity index (χ1n) is 9.33. The minimum absolute atomic E-state index is 0.327. The smallest absolute Gasteiger partial charge is 0.0793 e. The molecule has 1 aliphatic heterocycles. The van der Waals surface area contributed by atoms with Crippen molar-refractivity contribution in [2.75, 3.05) is 26.7 Å². The van der Waals surface area contributed by atoms with E-state index < -0.39 is 0 Å². The summed E-state index contributed by atoms with van der Waals surface area (Å²) >= 11 is 0. The van der Waals surface area contributed by atoms with Gasteiger partial charge in [0.05, 0.1) is 12.6 Å². The molecule has 3 rings (SSSR count). The molecule has 1 saturated heterocycles. The van der Waals surface area contributed by atoms with Gasteiger partial charge in [-0.05, 0) is 38.1 Å². The van der Waals surface area contributed by atoms with Crippen molar-refractivity contribution in [3.63, 3.8) is 0 Å². The number of aromatic nitrogens is 2. The summed E-state index contributed by atoms with van der Waals surface area (Å²) in [6.07, 6.45) is 7.21. The Bertz CT molecular complexity index is 601. The molecule has 0 radical (unpaired) electrons. The van der Waals surface area contributed by atoms with Crippen LogP contribution in [0.25, 0.3) is 0 Å². The third kappa shape index (κ3) is 5.66. The van der Waals surface area contributed by atoms with Crippen LogP contribution in [0.2, 0.25) is 0 Å². The SMILES string of the molecule is CN(Cc1ccccc1)C[C@H](O)CN1CCCC[C@H]1Cn1cccn1. The van der Waals surface area contributed by atoms with Gasteiger partial charge in [-0.1, -0.05) is 36.8 Å². The highest BCUT2D eigenvalue weighted by Crippen LogP contribution is 2.19. The lowest BCUT2D eigenvalue weighted by Crippen LogP contribution is -2.47. The summed E-state index contributed by atoms with van der Waals surface area (Å²) in [6.45, 7) is 4.30. The fraction of sp³-hybridized carbons (Fsp3) is 0.550. The van der Waals surface area contributed by atoms with Crippen LogP contribution in [-0.4, -0.2) is 63.5 Å². The third-order valence-corrected chi connectivity index (χ3v) is 4.97. The molecule has 0 saturated carbocycles. The summed E-state index contributed by atoms with van der Waals surface area (Å²) in [4.78, 5) is 4.65. The molecule has 1 aromatic carbocycles. The highest BCUT2D eigenvalue weighted by Gasteiger charge is 2.25. The van der Waals surface area contributed by atoms with Gasteiger partial charge in [-0.15, -0.1) is 0 Å². The number of likely N-dealkylation sites (N-methyl/N-ethyl adjacent to an activating group) is 1. The van der Waals surface area contributed by atoms with Crippen LogP contribution in [0.5, 0.6) is 0 Å². The van der Waals surface area contributed by atoms with Crippen molar-refractivity contribution < 1.29 is 5.11 Å². The highest BCUT2D eigenvalue weighted by molar-refractivity contribution is 5.14. The van der Waals surface area contributed by atoms with Gasteiger partial charge in [0.1, 0.15) is 0 Å². The van der Waals surface area contributed by atoms with Crippen molar-refractivity contribution in [2.24, 2.45) is 0 Å². The molecule has 1 aliphatic rings. The van der Waals surface area contributed by atoms with Crippen molar-refractivity contribution in [1.29, 1.82) is 0 Å². The summed E-state index contributed by atoms with van der Waals surface area (Å²) in [5.41, 5.74) is 1.28. The number of likely N-dealkylation sites (tertiary alicyclic amines) is 1. The number of β-amino-alcohol motifs (C(OH)–C–C–N with tert-alkyl or cyclic N) is 1. The molecule has 136 valence electrons. The molecule has 1 aromatic heterocycles. The summed E-state index contributed by atoms with van der Waals surface area (Å²) in [5.74, 6) is 0. The van der Waals surface area contributed by atoms with Crippen LogP contribution >= 0.6 is 0 Å². The molecule has 5 heteroatoms. The largest absolute Gasteiger partial charge is 0.390 e. The zero-order valence-corrected chi connectivity index (χ0v) is 15.2. The van der Waals surface area contributed by atoms with Crippen LogP contribution in [0.4, 0.5) is 0 Å². The van der Waals surface area contributed by atoms with E-state index in [1.165, 1.54) is 24.8 Å². The van der Waals surface area contributed by atoms with Crippen LogP contribution in [0.1, 0.15) is 24.8 Å². The molecule has 1 N–H and O–H groups in total. The quantitative estimate of drug-likeness (QED) is 0.799. The van der Waals surface area contributed by atoms with Crippen LogP contribution in [0.3, 0.4) is 0 Å². The standard InChI is InChI=1S/C20H30N4O/c1-22(14-18-8-3-2-4-9-18)16-20(25)17-23-12-6-5-10-19(23)15-24-13-7-11-21-24/h2-4,7-9,11,13,19-20,25H,5-6,10,12,14-17H2,1H3/t19-,20-/m0/s1. The number of aliphatic hydroxyl groups is 1. The molecule has 2 atom stereocenters. The molecule has 0 amide bonds. The first-order valence-corrected chi connectivity index (χ1v) is 9.33. The van der Waals surface area contributed by atoms with Gasteiger partial charge in [-0.2, -0.15) is 5.10 Å². The lowest BCUT2D eigenvalue weighted by Gasteiger charge is -2.37. The van der Waals surface area contributed by atoms with Crippen LogP contribution in [-0.2, 0) is 13.1 Å². The van der Waals surface area contributed by atoms with Gasteiger partial charge in [0, 0.05) is 38.1 Å². The van der Waals surface area contributed by atoms with E-state index in [2.05, 4.69) is 46.2 Å². The second-order valence-corrected chi connectivity index (χ2v) is 7.21. The molecule has 0 unspecified atom stereocenters. The van der Waals surface area contributed by atoms with Crippen LogP contribution < -0.4 is 0 Å². The summed E-state index contributed by atoms with van der Waals surface area (Å²) in [7, 11) is 2.08.